The zero-order chi connectivity index (χ0) is 10.5. The summed E-state index contributed by atoms with van der Waals surface area (Å²) in [4.78, 5) is 0. The molecule has 2 rings (SSSR count). The molecule has 0 aliphatic rings. The number of nitrogens with zero attached hydrogens (tertiary/aromatic N) is 1. The molecule has 0 saturated carbocycles. The molecule has 72 valence electrons. The molecule has 0 aliphatic carbocycles. The molecule has 1 heterocycles. The van der Waals surface area contributed by atoms with Crippen molar-refractivity contribution >= 4 is 0 Å². The van der Waals surface area contributed by atoms with Gasteiger partial charge >= 0.3 is 0 Å². The summed E-state index contributed by atoms with van der Waals surface area (Å²) < 4.78 is 2.01. The summed E-state index contributed by atoms with van der Waals surface area (Å²) in [5, 5.41) is 0. The maximum Gasteiger partial charge on any atom is 0.256 e. The molecule has 0 fully saturated rings. The van der Waals surface area contributed by atoms with E-state index in [0.29, 0.717) is 0 Å². The molecule has 0 aliphatic heterocycles. The number of hydrogen-bond donors (Lipinski definition) is 0. The summed E-state index contributed by atoms with van der Waals surface area (Å²) in [7, 11) is 2.00. The summed E-state index contributed by atoms with van der Waals surface area (Å²) in [6.45, 7) is 0. The van der Waals surface area contributed by atoms with Crippen molar-refractivity contribution in [1.29, 1.82) is 0 Å². The predicted octanol–water partition coefficient (Wildman–Crippen LogP) is 1.91. The summed E-state index contributed by atoms with van der Waals surface area (Å²) >= 11 is 0. The fraction of sp³-hybridized carbons (Fsp3) is 0.0714. The Morgan fingerprint density at radius 1 is 0.867 bits per heavy atom. The number of rotatable bonds is 0. The van der Waals surface area contributed by atoms with Crippen LogP contribution in [-0.4, -0.2) is 0 Å². The van der Waals surface area contributed by atoms with Crippen molar-refractivity contribution in [1.82, 2.24) is 0 Å². The van der Waals surface area contributed by atoms with Gasteiger partial charge in [0.25, 0.3) is 5.69 Å². The van der Waals surface area contributed by atoms with Crippen LogP contribution in [0, 0.1) is 11.8 Å². The third kappa shape index (κ3) is 2.45. The van der Waals surface area contributed by atoms with Crippen LogP contribution in [0.3, 0.4) is 0 Å². The van der Waals surface area contributed by atoms with Crippen molar-refractivity contribution in [2.75, 3.05) is 0 Å². The van der Waals surface area contributed by atoms with Crippen LogP contribution >= 0.6 is 0 Å². The quantitative estimate of drug-likeness (QED) is 0.445. The maximum absolute atomic E-state index is 3.14. The van der Waals surface area contributed by atoms with Crippen LogP contribution in [0.4, 0.5) is 0 Å². The first-order chi connectivity index (χ1) is 7.36. The summed E-state index contributed by atoms with van der Waals surface area (Å²) in [6, 6.07) is 16.0. The van der Waals surface area contributed by atoms with Crippen LogP contribution in [0.15, 0.2) is 54.7 Å². The highest BCUT2D eigenvalue weighted by molar-refractivity contribution is 5.38. The summed E-state index contributed by atoms with van der Waals surface area (Å²) in [5.74, 6) is 6.27. The molecule has 0 N–H and O–H groups in total. The zero-order valence-corrected chi connectivity index (χ0v) is 8.64. The van der Waals surface area contributed by atoms with E-state index in [1.807, 2.05) is 66.3 Å². The lowest BCUT2D eigenvalue weighted by Gasteiger charge is -1.89. The molecule has 1 aromatic heterocycles. The highest BCUT2D eigenvalue weighted by Gasteiger charge is 1.97. The Bertz CT molecular complexity index is 504. The van der Waals surface area contributed by atoms with Crippen molar-refractivity contribution in [3.8, 4) is 11.8 Å². The lowest BCUT2D eigenvalue weighted by Crippen LogP contribution is -2.31. The maximum atomic E-state index is 3.14. The van der Waals surface area contributed by atoms with Crippen LogP contribution in [-0.2, 0) is 7.05 Å². The average molecular weight is 194 g/mol. The molecule has 0 unspecified atom stereocenters. The van der Waals surface area contributed by atoms with Gasteiger partial charge in [0, 0.05) is 23.6 Å². The SMILES string of the molecule is C[n+]1ccccc1C#Cc1ccccc1. The Labute approximate surface area is 90.0 Å². The van der Waals surface area contributed by atoms with Crippen LogP contribution in [0.25, 0.3) is 0 Å². The van der Waals surface area contributed by atoms with E-state index in [2.05, 4.69) is 11.8 Å². The molecule has 0 saturated heterocycles. The van der Waals surface area contributed by atoms with Crippen molar-refractivity contribution in [3.63, 3.8) is 0 Å². The first-order valence-electron chi connectivity index (χ1n) is 4.88. The van der Waals surface area contributed by atoms with Gasteiger partial charge in [-0.15, -0.1) is 0 Å². The standard InChI is InChI=1S/C14H12N/c1-15-12-6-5-9-14(15)11-10-13-7-3-2-4-8-13/h2-9,12H,1H3/q+1. The van der Waals surface area contributed by atoms with Gasteiger partial charge in [0.15, 0.2) is 6.20 Å². The highest BCUT2D eigenvalue weighted by Crippen LogP contribution is 1.95. The van der Waals surface area contributed by atoms with Gasteiger partial charge in [-0.1, -0.05) is 24.1 Å². The van der Waals surface area contributed by atoms with Crippen molar-refractivity contribution in [2.45, 2.75) is 0 Å². The third-order valence-electron chi connectivity index (χ3n) is 2.16. The topological polar surface area (TPSA) is 3.88 Å². The molecule has 2 aromatic rings. The molecule has 0 bridgehead atoms. The normalized spacial score (nSPS) is 9.13. The Balaban J connectivity index is 2.31. The second kappa shape index (κ2) is 4.43. The third-order valence-corrected chi connectivity index (χ3v) is 2.16. The molecule has 0 amide bonds. The van der Waals surface area contributed by atoms with E-state index < -0.39 is 0 Å². The molecule has 0 radical (unpaired) electrons. The molecule has 0 spiro atoms. The van der Waals surface area contributed by atoms with Crippen molar-refractivity contribution in [3.05, 3.63) is 66.0 Å². The lowest BCUT2D eigenvalue weighted by molar-refractivity contribution is -0.673. The Morgan fingerprint density at radius 3 is 2.33 bits per heavy atom. The lowest BCUT2D eigenvalue weighted by atomic mass is 10.2. The van der Waals surface area contributed by atoms with E-state index in [9.17, 15) is 0 Å². The second-order valence-corrected chi connectivity index (χ2v) is 3.31. The van der Waals surface area contributed by atoms with Gasteiger partial charge in [-0.3, -0.25) is 0 Å². The minimum atomic E-state index is 1.02. The van der Waals surface area contributed by atoms with E-state index in [4.69, 9.17) is 0 Å². The van der Waals surface area contributed by atoms with Gasteiger partial charge in [0.05, 0.1) is 0 Å². The van der Waals surface area contributed by atoms with Gasteiger partial charge in [-0.25, -0.2) is 0 Å². The fourth-order valence-electron chi connectivity index (χ4n) is 1.31. The van der Waals surface area contributed by atoms with E-state index >= 15 is 0 Å². The van der Waals surface area contributed by atoms with E-state index in [0.717, 1.165) is 11.3 Å². The molecule has 1 nitrogen and oxygen atoms in total. The van der Waals surface area contributed by atoms with Crippen molar-refractivity contribution < 1.29 is 4.57 Å². The summed E-state index contributed by atoms with van der Waals surface area (Å²) in [6.07, 6.45) is 2.00. The van der Waals surface area contributed by atoms with Crippen LogP contribution in [0.5, 0.6) is 0 Å². The fourth-order valence-corrected chi connectivity index (χ4v) is 1.31. The van der Waals surface area contributed by atoms with Gasteiger partial charge in [0.2, 0.25) is 0 Å². The first kappa shape index (κ1) is 9.48. The number of benzene rings is 1. The molecular formula is C14H12N+. The van der Waals surface area contributed by atoms with E-state index in [1.165, 1.54) is 0 Å². The number of hydrogen-bond acceptors (Lipinski definition) is 0. The molecule has 0 atom stereocenters. The first-order valence-corrected chi connectivity index (χ1v) is 4.88. The smallest absolute Gasteiger partial charge is 0.194 e. The van der Waals surface area contributed by atoms with Crippen molar-refractivity contribution in [2.24, 2.45) is 7.05 Å². The molecular weight excluding hydrogens is 182 g/mol. The Kier molecular flexibility index (Phi) is 2.80. The Morgan fingerprint density at radius 2 is 1.60 bits per heavy atom. The molecule has 1 aromatic carbocycles. The van der Waals surface area contributed by atoms with E-state index in [-0.39, 0.29) is 0 Å². The number of pyridine rings is 1. The monoisotopic (exact) mass is 194 g/mol. The molecule has 15 heavy (non-hydrogen) atoms. The zero-order valence-electron chi connectivity index (χ0n) is 8.64. The minimum Gasteiger partial charge on any atom is -0.194 e. The largest absolute Gasteiger partial charge is 0.256 e. The van der Waals surface area contributed by atoms with Gasteiger partial charge < -0.3 is 0 Å². The van der Waals surface area contributed by atoms with E-state index in [1.54, 1.807) is 0 Å². The van der Waals surface area contributed by atoms with Crippen LogP contribution < -0.4 is 4.57 Å². The van der Waals surface area contributed by atoms with Crippen LogP contribution in [0.1, 0.15) is 11.3 Å². The predicted molar refractivity (Wildman–Crippen MR) is 60.0 cm³/mol. The van der Waals surface area contributed by atoms with Gasteiger partial charge in [-0.05, 0) is 18.2 Å². The second-order valence-electron chi connectivity index (χ2n) is 3.31. The average Bonchev–Trinajstić information content (AvgIpc) is 2.29. The number of aryl methyl sites for hydroxylation is 1. The van der Waals surface area contributed by atoms with Gasteiger partial charge in [0.1, 0.15) is 7.05 Å². The van der Waals surface area contributed by atoms with Crippen LogP contribution in [0.2, 0.25) is 0 Å². The minimum absolute atomic E-state index is 1.02. The molecule has 1 heteroatoms. The Hall–Kier alpha value is -2.07. The summed E-state index contributed by atoms with van der Waals surface area (Å²) in [5.41, 5.74) is 2.06. The number of aromatic nitrogens is 1. The van der Waals surface area contributed by atoms with Gasteiger partial charge in [-0.2, -0.15) is 4.57 Å². The highest BCUT2D eigenvalue weighted by atomic mass is 14.9.